The molecule has 0 aliphatic heterocycles. The van der Waals surface area contributed by atoms with Crippen LogP contribution < -0.4 is 10.1 Å². The number of nitrogens with zero attached hydrogens (tertiary/aromatic N) is 2. The summed E-state index contributed by atoms with van der Waals surface area (Å²) in [6.07, 6.45) is 0. The van der Waals surface area contributed by atoms with E-state index in [1.807, 2.05) is 12.1 Å². The summed E-state index contributed by atoms with van der Waals surface area (Å²) >= 11 is 0. The van der Waals surface area contributed by atoms with Crippen molar-refractivity contribution in [1.82, 2.24) is 10.2 Å². The van der Waals surface area contributed by atoms with Crippen molar-refractivity contribution < 1.29 is 13.9 Å². The summed E-state index contributed by atoms with van der Waals surface area (Å²) in [7, 11) is 0. The molecule has 142 valence electrons. The van der Waals surface area contributed by atoms with Gasteiger partial charge in [-0.2, -0.15) is 10.4 Å². The summed E-state index contributed by atoms with van der Waals surface area (Å²) in [4.78, 5) is 12.4. The van der Waals surface area contributed by atoms with E-state index in [9.17, 15) is 14.4 Å². The second kappa shape index (κ2) is 7.82. The van der Waals surface area contributed by atoms with Gasteiger partial charge in [0.05, 0.1) is 22.7 Å². The molecule has 0 aliphatic rings. The first-order valence-corrected chi connectivity index (χ1v) is 8.80. The van der Waals surface area contributed by atoms with Crippen LogP contribution >= 0.6 is 0 Å². The van der Waals surface area contributed by atoms with E-state index in [-0.39, 0.29) is 18.0 Å². The highest BCUT2D eigenvalue weighted by Gasteiger charge is 2.15. The third-order valence-corrected chi connectivity index (χ3v) is 4.42. The number of amides is 1. The zero-order chi connectivity index (χ0) is 20.2. The molecule has 0 spiro atoms. The number of hydrogen-bond donors (Lipinski definition) is 2. The lowest BCUT2D eigenvalue weighted by Gasteiger charge is -2.08. The molecule has 0 saturated heterocycles. The van der Waals surface area contributed by atoms with Crippen LogP contribution in [-0.2, 0) is 6.61 Å². The number of carbonyl (C=O) groups is 1. The second-order valence-electron chi connectivity index (χ2n) is 6.27. The van der Waals surface area contributed by atoms with Gasteiger partial charge in [0.1, 0.15) is 18.2 Å². The molecular weight excluding hydrogens is 371 g/mol. The lowest BCUT2D eigenvalue weighted by atomic mass is 10.1. The monoisotopic (exact) mass is 386 g/mol. The molecule has 4 rings (SSSR count). The van der Waals surface area contributed by atoms with Crippen molar-refractivity contribution >= 4 is 22.6 Å². The Morgan fingerprint density at radius 1 is 1.14 bits per heavy atom. The van der Waals surface area contributed by atoms with Crippen LogP contribution in [-0.4, -0.2) is 16.1 Å². The third-order valence-electron chi connectivity index (χ3n) is 4.42. The van der Waals surface area contributed by atoms with Crippen molar-refractivity contribution in [3.8, 4) is 11.8 Å². The summed E-state index contributed by atoms with van der Waals surface area (Å²) in [6.45, 7) is 0.226. The quantitative estimate of drug-likeness (QED) is 0.532. The Balaban J connectivity index is 1.56. The van der Waals surface area contributed by atoms with Crippen LogP contribution in [0.15, 0.2) is 66.7 Å². The highest BCUT2D eigenvalue weighted by molar-refractivity contribution is 6.08. The summed E-state index contributed by atoms with van der Waals surface area (Å²) in [5.74, 6) is -0.375. The number of aromatic nitrogens is 2. The van der Waals surface area contributed by atoms with Crippen LogP contribution in [0.3, 0.4) is 0 Å². The van der Waals surface area contributed by atoms with E-state index in [0.29, 0.717) is 22.2 Å². The SMILES string of the molecule is N#Cc1ccccc1COc1ccc2[nH]nc(NC(=O)c3ccccc3F)c2c1. The zero-order valence-electron chi connectivity index (χ0n) is 15.1. The maximum atomic E-state index is 13.8. The Hall–Kier alpha value is -4.18. The number of nitrogens with one attached hydrogen (secondary N) is 2. The standard InChI is InChI=1S/C22H15FN4O2/c23-19-8-4-3-7-17(19)22(28)25-21-18-11-16(9-10-20(18)26-27-21)29-13-15-6-2-1-5-14(15)12-24/h1-11H,13H2,(H2,25,26,27,28). The second-order valence-corrected chi connectivity index (χ2v) is 6.27. The fraction of sp³-hybridized carbons (Fsp3) is 0.0455. The number of rotatable bonds is 5. The molecule has 0 bridgehead atoms. The van der Waals surface area contributed by atoms with Crippen molar-refractivity contribution in [2.45, 2.75) is 6.61 Å². The molecule has 0 fully saturated rings. The fourth-order valence-electron chi connectivity index (χ4n) is 2.91. The van der Waals surface area contributed by atoms with Gasteiger partial charge in [0.2, 0.25) is 0 Å². The van der Waals surface area contributed by atoms with Crippen LogP contribution in [0.4, 0.5) is 10.2 Å². The van der Waals surface area contributed by atoms with Crippen molar-refractivity contribution in [3.63, 3.8) is 0 Å². The molecule has 1 heterocycles. The van der Waals surface area contributed by atoms with Gasteiger partial charge in [0, 0.05) is 10.9 Å². The fourth-order valence-corrected chi connectivity index (χ4v) is 2.91. The number of nitriles is 1. The first kappa shape index (κ1) is 18.2. The minimum absolute atomic E-state index is 0.0656. The number of H-pyrrole nitrogens is 1. The first-order chi connectivity index (χ1) is 14.2. The van der Waals surface area contributed by atoms with Crippen molar-refractivity contribution in [2.75, 3.05) is 5.32 Å². The van der Waals surface area contributed by atoms with Gasteiger partial charge in [-0.1, -0.05) is 30.3 Å². The van der Waals surface area contributed by atoms with Crippen LogP contribution in [0.2, 0.25) is 0 Å². The van der Waals surface area contributed by atoms with Crippen molar-refractivity contribution in [3.05, 3.63) is 89.2 Å². The third kappa shape index (κ3) is 3.77. The predicted octanol–water partition coefficient (Wildman–Crippen LogP) is 4.40. The van der Waals surface area contributed by atoms with Gasteiger partial charge in [-0.05, 0) is 36.4 Å². The van der Waals surface area contributed by atoms with E-state index in [1.165, 1.54) is 18.2 Å². The van der Waals surface area contributed by atoms with Crippen molar-refractivity contribution in [2.24, 2.45) is 0 Å². The van der Waals surface area contributed by atoms with Gasteiger partial charge in [-0.3, -0.25) is 9.89 Å². The predicted molar refractivity (Wildman–Crippen MR) is 106 cm³/mol. The molecule has 0 radical (unpaired) electrons. The van der Waals surface area contributed by atoms with E-state index >= 15 is 0 Å². The van der Waals surface area contributed by atoms with Gasteiger partial charge in [-0.15, -0.1) is 0 Å². The largest absolute Gasteiger partial charge is 0.489 e. The van der Waals surface area contributed by atoms with Gasteiger partial charge in [0.15, 0.2) is 5.82 Å². The van der Waals surface area contributed by atoms with E-state index in [0.717, 1.165) is 5.56 Å². The number of anilines is 1. The first-order valence-electron chi connectivity index (χ1n) is 8.80. The number of halogens is 1. The molecule has 6 nitrogen and oxygen atoms in total. The molecule has 0 aliphatic carbocycles. The van der Waals surface area contributed by atoms with Crippen LogP contribution in [0.1, 0.15) is 21.5 Å². The lowest BCUT2D eigenvalue weighted by Crippen LogP contribution is -2.14. The molecule has 1 aromatic heterocycles. The van der Waals surface area contributed by atoms with Crippen LogP contribution in [0.25, 0.3) is 10.9 Å². The van der Waals surface area contributed by atoms with Crippen molar-refractivity contribution in [1.29, 1.82) is 5.26 Å². The Kier molecular flexibility index (Phi) is 4.91. The Bertz CT molecular complexity index is 1240. The summed E-state index contributed by atoms with van der Waals surface area (Å²) < 4.78 is 19.6. The molecule has 1 amide bonds. The van der Waals surface area contributed by atoms with Crippen LogP contribution in [0, 0.1) is 17.1 Å². The van der Waals surface area contributed by atoms with Gasteiger partial charge in [0.25, 0.3) is 5.91 Å². The average Bonchev–Trinajstić information content (AvgIpc) is 3.14. The normalized spacial score (nSPS) is 10.5. The molecule has 7 heteroatoms. The number of fused-ring (bicyclic) bond motifs is 1. The zero-order valence-corrected chi connectivity index (χ0v) is 15.1. The number of carbonyl (C=O) groups excluding carboxylic acids is 1. The van der Waals surface area contributed by atoms with Crippen LogP contribution in [0.5, 0.6) is 5.75 Å². The summed E-state index contributed by atoms with van der Waals surface area (Å²) in [5.41, 5.74) is 1.95. The van der Waals surface area contributed by atoms with E-state index in [4.69, 9.17) is 4.74 Å². The number of benzene rings is 3. The van der Waals surface area contributed by atoms with E-state index in [2.05, 4.69) is 21.6 Å². The minimum Gasteiger partial charge on any atom is -0.489 e. The highest BCUT2D eigenvalue weighted by atomic mass is 19.1. The molecule has 29 heavy (non-hydrogen) atoms. The maximum Gasteiger partial charge on any atom is 0.259 e. The molecule has 0 unspecified atom stereocenters. The summed E-state index contributed by atoms with van der Waals surface area (Å²) in [5, 5.41) is 19.3. The smallest absolute Gasteiger partial charge is 0.259 e. The Labute approximate surface area is 165 Å². The molecule has 0 saturated carbocycles. The Morgan fingerprint density at radius 3 is 2.76 bits per heavy atom. The highest BCUT2D eigenvalue weighted by Crippen LogP contribution is 2.26. The van der Waals surface area contributed by atoms with Gasteiger partial charge < -0.3 is 10.1 Å². The van der Waals surface area contributed by atoms with Gasteiger partial charge >= 0.3 is 0 Å². The maximum absolute atomic E-state index is 13.8. The van der Waals surface area contributed by atoms with E-state index < -0.39 is 11.7 Å². The lowest BCUT2D eigenvalue weighted by molar-refractivity contribution is 0.102. The molecular formula is C22H15FN4O2. The number of ether oxygens (including phenoxy) is 1. The average molecular weight is 386 g/mol. The minimum atomic E-state index is -0.606. The molecule has 4 aromatic rings. The topological polar surface area (TPSA) is 90.8 Å². The number of aromatic amines is 1. The molecule has 2 N–H and O–H groups in total. The van der Waals surface area contributed by atoms with Gasteiger partial charge in [-0.25, -0.2) is 4.39 Å². The Morgan fingerprint density at radius 2 is 1.93 bits per heavy atom. The molecule has 0 atom stereocenters. The summed E-state index contributed by atoms with van der Waals surface area (Å²) in [6, 6.07) is 20.3. The molecule has 3 aromatic carbocycles. The van der Waals surface area contributed by atoms with E-state index in [1.54, 1.807) is 36.4 Å². The number of hydrogen-bond acceptors (Lipinski definition) is 4.